The maximum absolute atomic E-state index is 14.2. The number of hydrogen-bond donors (Lipinski definition) is 1. The maximum atomic E-state index is 14.2. The van der Waals surface area contributed by atoms with E-state index in [1.54, 1.807) is 6.92 Å². The smallest absolute Gasteiger partial charge is 0.387 e. The molecule has 0 aliphatic heterocycles. The number of aliphatic hydroxyl groups excluding tert-OH is 1. The Bertz CT molecular complexity index is 1040. The summed E-state index contributed by atoms with van der Waals surface area (Å²) in [6.07, 6.45) is -5.92. The van der Waals surface area contributed by atoms with Crippen molar-refractivity contribution >= 4 is 16.3 Å². The van der Waals surface area contributed by atoms with Crippen LogP contribution < -0.4 is 5.56 Å². The average molecular weight is 386 g/mol. The van der Waals surface area contributed by atoms with Crippen LogP contribution in [-0.4, -0.2) is 14.5 Å². The van der Waals surface area contributed by atoms with Gasteiger partial charge in [-0.3, -0.25) is 9.20 Å². The van der Waals surface area contributed by atoms with Crippen molar-refractivity contribution in [1.82, 2.24) is 9.38 Å². The van der Waals surface area contributed by atoms with Crippen LogP contribution in [0.2, 0.25) is 0 Å². The molecule has 3 aromatic rings. The van der Waals surface area contributed by atoms with Gasteiger partial charge in [-0.2, -0.15) is 13.2 Å². The van der Waals surface area contributed by atoms with Gasteiger partial charge < -0.3 is 5.11 Å². The Balaban J connectivity index is 2.08. The molecule has 0 aliphatic rings. The van der Waals surface area contributed by atoms with E-state index in [4.69, 9.17) is 0 Å². The first kappa shape index (κ1) is 18.5. The molecule has 3 rings (SSSR count). The molecule has 0 saturated carbocycles. The number of aryl methyl sites for hydroxylation is 1. The number of benzene rings is 1. The second-order valence-electron chi connectivity index (χ2n) is 5.88. The van der Waals surface area contributed by atoms with Gasteiger partial charge in [0.25, 0.3) is 5.56 Å². The number of halogens is 4. The number of aliphatic hydroxyl groups is 1. The van der Waals surface area contributed by atoms with E-state index in [9.17, 15) is 27.5 Å². The average Bonchev–Trinajstić information content (AvgIpc) is 2.85. The lowest BCUT2D eigenvalue weighted by Gasteiger charge is -2.11. The monoisotopic (exact) mass is 386 g/mol. The van der Waals surface area contributed by atoms with Gasteiger partial charge >= 0.3 is 6.18 Å². The summed E-state index contributed by atoms with van der Waals surface area (Å²) in [4.78, 5) is 17.6. The number of fused-ring (bicyclic) bond motifs is 1. The second-order valence-corrected chi connectivity index (χ2v) is 7.06. The Hall–Kier alpha value is -2.26. The second kappa shape index (κ2) is 6.48. The lowest BCUT2D eigenvalue weighted by Crippen LogP contribution is -2.18. The summed E-state index contributed by atoms with van der Waals surface area (Å²) in [5.41, 5.74) is -1.44. The molecular formula is C17H14F4N2O2S. The highest BCUT2D eigenvalue weighted by atomic mass is 32.1. The third kappa shape index (κ3) is 3.24. The predicted molar refractivity (Wildman–Crippen MR) is 88.9 cm³/mol. The Morgan fingerprint density at radius 1 is 1.35 bits per heavy atom. The van der Waals surface area contributed by atoms with E-state index in [1.165, 1.54) is 28.7 Å². The molecule has 0 fully saturated rings. The fourth-order valence-electron chi connectivity index (χ4n) is 2.85. The number of rotatable bonds is 3. The van der Waals surface area contributed by atoms with Crippen LogP contribution in [-0.2, 0) is 12.6 Å². The van der Waals surface area contributed by atoms with Crippen molar-refractivity contribution in [2.24, 2.45) is 0 Å². The van der Waals surface area contributed by atoms with Gasteiger partial charge in [0.15, 0.2) is 4.96 Å². The van der Waals surface area contributed by atoms with E-state index >= 15 is 0 Å². The van der Waals surface area contributed by atoms with Crippen molar-refractivity contribution in [3.05, 3.63) is 67.8 Å². The SMILES string of the molecule is Cc1sc2nc(Cc3cccc(C(F)(F)F)c3F)cc(=O)n2c1C(C)O. The molecule has 9 heteroatoms. The zero-order valence-corrected chi connectivity index (χ0v) is 14.6. The number of thiazole rings is 1. The van der Waals surface area contributed by atoms with Gasteiger partial charge in [-0.25, -0.2) is 9.37 Å². The summed E-state index contributed by atoms with van der Waals surface area (Å²) in [7, 11) is 0. The normalized spacial score (nSPS) is 13.3. The van der Waals surface area contributed by atoms with Crippen LogP contribution in [0.3, 0.4) is 0 Å². The number of nitrogens with zero attached hydrogens (tertiary/aromatic N) is 2. The maximum Gasteiger partial charge on any atom is 0.419 e. The van der Waals surface area contributed by atoms with Gasteiger partial charge in [-0.1, -0.05) is 12.1 Å². The highest BCUT2D eigenvalue weighted by Gasteiger charge is 2.34. The van der Waals surface area contributed by atoms with E-state index in [0.29, 0.717) is 21.6 Å². The highest BCUT2D eigenvalue weighted by Crippen LogP contribution is 2.33. The van der Waals surface area contributed by atoms with Crippen molar-refractivity contribution in [2.75, 3.05) is 0 Å². The van der Waals surface area contributed by atoms with Gasteiger partial charge in [0.05, 0.1) is 23.1 Å². The van der Waals surface area contributed by atoms with Crippen molar-refractivity contribution in [3.63, 3.8) is 0 Å². The highest BCUT2D eigenvalue weighted by molar-refractivity contribution is 7.17. The molecule has 1 atom stereocenters. The van der Waals surface area contributed by atoms with E-state index in [0.717, 1.165) is 12.1 Å². The summed E-state index contributed by atoms with van der Waals surface area (Å²) >= 11 is 1.18. The zero-order valence-electron chi connectivity index (χ0n) is 13.8. The van der Waals surface area contributed by atoms with Gasteiger partial charge in [-0.15, -0.1) is 11.3 Å². The Labute approximate surface area is 149 Å². The Morgan fingerprint density at radius 3 is 2.65 bits per heavy atom. The van der Waals surface area contributed by atoms with Crippen LogP contribution in [0.25, 0.3) is 4.96 Å². The van der Waals surface area contributed by atoms with Crippen LogP contribution in [0, 0.1) is 12.7 Å². The third-order valence-electron chi connectivity index (χ3n) is 3.94. The summed E-state index contributed by atoms with van der Waals surface area (Å²) < 4.78 is 53.9. The van der Waals surface area contributed by atoms with Crippen molar-refractivity contribution in [1.29, 1.82) is 0 Å². The molecular weight excluding hydrogens is 372 g/mol. The largest absolute Gasteiger partial charge is 0.419 e. The van der Waals surface area contributed by atoms with Crippen LogP contribution in [0.4, 0.5) is 17.6 Å². The Morgan fingerprint density at radius 2 is 2.04 bits per heavy atom. The van der Waals surface area contributed by atoms with E-state index < -0.39 is 29.2 Å². The van der Waals surface area contributed by atoms with Gasteiger partial charge in [0.1, 0.15) is 5.82 Å². The van der Waals surface area contributed by atoms with Gasteiger partial charge in [-0.05, 0) is 25.5 Å². The number of aromatic nitrogens is 2. The minimum atomic E-state index is -4.80. The Kier molecular flexibility index (Phi) is 4.61. The first-order valence-electron chi connectivity index (χ1n) is 7.64. The van der Waals surface area contributed by atoms with Gasteiger partial charge in [0.2, 0.25) is 0 Å². The van der Waals surface area contributed by atoms with E-state index in [-0.39, 0.29) is 17.7 Å². The molecule has 26 heavy (non-hydrogen) atoms. The molecule has 138 valence electrons. The van der Waals surface area contributed by atoms with Crippen molar-refractivity contribution < 1.29 is 22.7 Å². The van der Waals surface area contributed by atoms with Crippen molar-refractivity contribution in [3.8, 4) is 0 Å². The molecule has 2 heterocycles. The fraction of sp³-hybridized carbons (Fsp3) is 0.294. The van der Waals surface area contributed by atoms with E-state index in [1.807, 2.05) is 0 Å². The molecule has 0 radical (unpaired) electrons. The third-order valence-corrected chi connectivity index (χ3v) is 4.91. The molecule has 0 spiro atoms. The summed E-state index contributed by atoms with van der Waals surface area (Å²) in [5.74, 6) is -1.37. The first-order valence-corrected chi connectivity index (χ1v) is 8.46. The molecule has 0 amide bonds. The quantitative estimate of drug-likeness (QED) is 0.696. The summed E-state index contributed by atoms with van der Waals surface area (Å²) in [5, 5.41) is 9.83. The van der Waals surface area contributed by atoms with Crippen LogP contribution in [0.1, 0.15) is 40.4 Å². The molecule has 0 bridgehead atoms. The summed E-state index contributed by atoms with van der Waals surface area (Å²) in [6, 6.07) is 4.16. The fourth-order valence-corrected chi connectivity index (χ4v) is 3.93. The lowest BCUT2D eigenvalue weighted by molar-refractivity contribution is -0.140. The van der Waals surface area contributed by atoms with Crippen LogP contribution in [0.15, 0.2) is 29.1 Å². The predicted octanol–water partition coefficient (Wildman–Crippen LogP) is 3.87. The van der Waals surface area contributed by atoms with Crippen LogP contribution in [0.5, 0.6) is 0 Å². The first-order chi connectivity index (χ1) is 12.1. The lowest BCUT2D eigenvalue weighted by atomic mass is 10.0. The standard InChI is InChI=1S/C17H14F4N2O2S/c1-8(24)15-9(2)26-16-22-11(7-13(25)23(15)16)6-10-4-3-5-12(14(10)18)17(19,20)21/h3-5,7-8,24H,6H2,1-2H3. The number of alkyl halides is 3. The minimum Gasteiger partial charge on any atom is -0.387 e. The van der Waals surface area contributed by atoms with Crippen LogP contribution >= 0.6 is 11.3 Å². The number of hydrogen-bond acceptors (Lipinski definition) is 4. The molecule has 1 unspecified atom stereocenters. The molecule has 0 aliphatic carbocycles. The molecule has 2 aromatic heterocycles. The minimum absolute atomic E-state index is 0.159. The molecule has 1 aromatic carbocycles. The van der Waals surface area contributed by atoms with Gasteiger partial charge in [0, 0.05) is 17.4 Å². The molecule has 0 saturated heterocycles. The topological polar surface area (TPSA) is 54.6 Å². The zero-order chi connectivity index (χ0) is 19.2. The molecule has 4 nitrogen and oxygen atoms in total. The molecule has 1 N–H and O–H groups in total. The summed E-state index contributed by atoms with van der Waals surface area (Å²) in [6.45, 7) is 3.25. The van der Waals surface area contributed by atoms with E-state index in [2.05, 4.69) is 4.98 Å². The van der Waals surface area contributed by atoms with Crippen molar-refractivity contribution in [2.45, 2.75) is 32.5 Å².